The van der Waals surface area contributed by atoms with E-state index in [0.29, 0.717) is 6.54 Å². The lowest BCUT2D eigenvalue weighted by Crippen LogP contribution is -2.38. The quantitative estimate of drug-likeness (QED) is 0.235. The van der Waals surface area contributed by atoms with Gasteiger partial charge in [-0.3, -0.25) is 0 Å². The number of benzene rings is 1. The van der Waals surface area contributed by atoms with Crippen LogP contribution >= 0.6 is 24.0 Å². The number of hydrogen-bond donors (Lipinski definition) is 2. The molecule has 1 aromatic heterocycles. The number of nitrogens with zero attached hydrogens (tertiary/aromatic N) is 4. The summed E-state index contributed by atoms with van der Waals surface area (Å²) in [7, 11) is 0. The molecule has 8 heteroatoms. The molecule has 0 amide bonds. The van der Waals surface area contributed by atoms with Gasteiger partial charge in [0.05, 0.1) is 12.2 Å². The van der Waals surface area contributed by atoms with Gasteiger partial charge in [-0.15, -0.1) is 24.0 Å². The Hall–Kier alpha value is -1.68. The molecule has 3 rings (SSSR count). The van der Waals surface area contributed by atoms with Crippen molar-refractivity contribution in [2.24, 2.45) is 10.9 Å². The highest BCUT2D eigenvalue weighted by atomic mass is 127. The molecule has 7 nitrogen and oxygen atoms in total. The Labute approximate surface area is 178 Å². The highest BCUT2D eigenvalue weighted by molar-refractivity contribution is 14.0. The summed E-state index contributed by atoms with van der Waals surface area (Å²) in [6.07, 6.45) is 6.90. The van der Waals surface area contributed by atoms with Gasteiger partial charge in [-0.05, 0) is 49.8 Å². The standard InChI is InChI=1S/C19H28N6O.HI/c1-2-21-19(22-10-3-11-26-13-17-4-5-17)23-12-16-6-8-18(9-7-16)25-15-20-14-24-25;/h6-9,14-15,17H,2-5,10-13H2,1H3,(H2,21,22,23);1H. The summed E-state index contributed by atoms with van der Waals surface area (Å²) >= 11 is 0. The van der Waals surface area contributed by atoms with E-state index in [4.69, 9.17) is 4.74 Å². The van der Waals surface area contributed by atoms with Crippen LogP contribution in [0.5, 0.6) is 0 Å². The van der Waals surface area contributed by atoms with E-state index in [0.717, 1.165) is 55.9 Å². The van der Waals surface area contributed by atoms with Crippen LogP contribution in [0.4, 0.5) is 0 Å². The summed E-state index contributed by atoms with van der Waals surface area (Å²) in [6, 6.07) is 8.18. The van der Waals surface area contributed by atoms with E-state index in [1.54, 1.807) is 11.0 Å². The third-order valence-corrected chi connectivity index (χ3v) is 4.19. The van der Waals surface area contributed by atoms with Gasteiger partial charge >= 0.3 is 0 Å². The van der Waals surface area contributed by atoms with Crippen LogP contribution in [0, 0.1) is 5.92 Å². The fourth-order valence-corrected chi connectivity index (χ4v) is 2.52. The predicted octanol–water partition coefficient (Wildman–Crippen LogP) is 2.76. The van der Waals surface area contributed by atoms with Crippen molar-refractivity contribution in [2.75, 3.05) is 26.3 Å². The summed E-state index contributed by atoms with van der Waals surface area (Å²) in [5.41, 5.74) is 2.14. The maximum atomic E-state index is 5.66. The predicted molar refractivity (Wildman–Crippen MR) is 118 cm³/mol. The van der Waals surface area contributed by atoms with E-state index in [9.17, 15) is 0 Å². The molecule has 2 N–H and O–H groups in total. The second-order valence-corrected chi connectivity index (χ2v) is 6.50. The average molecular weight is 484 g/mol. The highest BCUT2D eigenvalue weighted by Gasteiger charge is 2.20. The Kier molecular flexibility index (Phi) is 9.54. The van der Waals surface area contributed by atoms with Crippen molar-refractivity contribution >= 4 is 29.9 Å². The van der Waals surface area contributed by atoms with Crippen LogP contribution in [0.15, 0.2) is 41.9 Å². The van der Waals surface area contributed by atoms with Gasteiger partial charge in [0.2, 0.25) is 0 Å². The number of ether oxygens (including phenoxy) is 1. The molecule has 0 radical (unpaired) electrons. The van der Waals surface area contributed by atoms with E-state index < -0.39 is 0 Å². The minimum atomic E-state index is 0. The monoisotopic (exact) mass is 484 g/mol. The lowest BCUT2D eigenvalue weighted by atomic mass is 10.2. The van der Waals surface area contributed by atoms with Crippen LogP contribution in [0.25, 0.3) is 5.69 Å². The first kappa shape index (κ1) is 21.6. The molecule has 0 unspecified atom stereocenters. The van der Waals surface area contributed by atoms with E-state index in [-0.39, 0.29) is 24.0 Å². The second kappa shape index (κ2) is 11.9. The molecule has 0 aliphatic heterocycles. The SMILES string of the molecule is CCNC(=NCc1ccc(-n2cncn2)cc1)NCCCOCC1CC1.I. The molecule has 27 heavy (non-hydrogen) atoms. The average Bonchev–Trinajstić information content (AvgIpc) is 3.33. The number of nitrogens with one attached hydrogen (secondary N) is 2. The lowest BCUT2D eigenvalue weighted by molar-refractivity contribution is 0.123. The Morgan fingerprint density at radius 3 is 2.74 bits per heavy atom. The number of aromatic nitrogens is 3. The molecule has 1 aliphatic carbocycles. The fraction of sp³-hybridized carbons (Fsp3) is 0.526. The van der Waals surface area contributed by atoms with Crippen LogP contribution in [0.3, 0.4) is 0 Å². The van der Waals surface area contributed by atoms with Gasteiger partial charge < -0.3 is 15.4 Å². The summed E-state index contributed by atoms with van der Waals surface area (Å²) < 4.78 is 7.40. The first-order valence-corrected chi connectivity index (χ1v) is 9.39. The molecule has 0 bridgehead atoms. The molecular formula is C19H29IN6O. The summed E-state index contributed by atoms with van der Waals surface area (Å²) in [5, 5.41) is 10.8. The Morgan fingerprint density at radius 2 is 2.07 bits per heavy atom. The maximum absolute atomic E-state index is 5.66. The molecule has 1 heterocycles. The van der Waals surface area contributed by atoms with Gasteiger partial charge in [-0.1, -0.05) is 12.1 Å². The zero-order valence-corrected chi connectivity index (χ0v) is 18.1. The molecule has 0 spiro atoms. The molecular weight excluding hydrogens is 455 g/mol. The van der Waals surface area contributed by atoms with Gasteiger partial charge in [0.25, 0.3) is 0 Å². The van der Waals surface area contributed by atoms with E-state index in [1.807, 2.05) is 12.1 Å². The topological polar surface area (TPSA) is 76.4 Å². The van der Waals surface area contributed by atoms with Gasteiger partial charge in [0.1, 0.15) is 12.7 Å². The lowest BCUT2D eigenvalue weighted by Gasteiger charge is -2.11. The molecule has 0 atom stereocenters. The van der Waals surface area contributed by atoms with Crippen LogP contribution in [-0.2, 0) is 11.3 Å². The zero-order chi connectivity index (χ0) is 18.0. The number of rotatable bonds is 10. The molecule has 2 aromatic rings. The van der Waals surface area contributed by atoms with Crippen molar-refractivity contribution < 1.29 is 4.74 Å². The summed E-state index contributed by atoms with van der Waals surface area (Å²) in [5.74, 6) is 1.67. The Balaban J connectivity index is 0.00000261. The normalized spacial score (nSPS) is 13.9. The first-order valence-electron chi connectivity index (χ1n) is 9.39. The molecule has 1 saturated carbocycles. The highest BCUT2D eigenvalue weighted by Crippen LogP contribution is 2.28. The van der Waals surface area contributed by atoms with Crippen molar-refractivity contribution in [1.29, 1.82) is 0 Å². The summed E-state index contributed by atoms with van der Waals surface area (Å²) in [6.45, 7) is 6.15. The second-order valence-electron chi connectivity index (χ2n) is 6.50. The van der Waals surface area contributed by atoms with Gasteiger partial charge in [0.15, 0.2) is 5.96 Å². The number of halogens is 1. The fourth-order valence-electron chi connectivity index (χ4n) is 2.52. The molecule has 0 saturated heterocycles. The minimum Gasteiger partial charge on any atom is -0.381 e. The Morgan fingerprint density at radius 1 is 1.26 bits per heavy atom. The maximum Gasteiger partial charge on any atom is 0.191 e. The van der Waals surface area contributed by atoms with Crippen molar-refractivity contribution in [3.8, 4) is 5.69 Å². The number of hydrogen-bond acceptors (Lipinski definition) is 4. The molecule has 1 fully saturated rings. The van der Waals surface area contributed by atoms with Crippen LogP contribution < -0.4 is 10.6 Å². The van der Waals surface area contributed by atoms with Gasteiger partial charge in [-0.25, -0.2) is 14.7 Å². The molecule has 1 aromatic carbocycles. The van der Waals surface area contributed by atoms with Crippen molar-refractivity contribution in [2.45, 2.75) is 32.7 Å². The van der Waals surface area contributed by atoms with Crippen LogP contribution in [0.1, 0.15) is 31.7 Å². The van der Waals surface area contributed by atoms with Crippen molar-refractivity contribution in [3.05, 3.63) is 42.5 Å². The van der Waals surface area contributed by atoms with Crippen molar-refractivity contribution in [3.63, 3.8) is 0 Å². The number of aliphatic imine (C=N–C) groups is 1. The molecule has 1 aliphatic rings. The number of guanidine groups is 1. The first-order chi connectivity index (χ1) is 12.8. The Bertz CT molecular complexity index is 670. The minimum absolute atomic E-state index is 0. The van der Waals surface area contributed by atoms with E-state index in [1.165, 1.54) is 19.2 Å². The van der Waals surface area contributed by atoms with Gasteiger partial charge in [0, 0.05) is 26.3 Å². The van der Waals surface area contributed by atoms with Gasteiger partial charge in [-0.2, -0.15) is 5.10 Å². The third-order valence-electron chi connectivity index (χ3n) is 4.19. The van der Waals surface area contributed by atoms with Crippen molar-refractivity contribution in [1.82, 2.24) is 25.4 Å². The summed E-state index contributed by atoms with van der Waals surface area (Å²) in [4.78, 5) is 8.62. The zero-order valence-electron chi connectivity index (χ0n) is 15.8. The smallest absolute Gasteiger partial charge is 0.191 e. The van der Waals surface area contributed by atoms with E-state index >= 15 is 0 Å². The van der Waals surface area contributed by atoms with Crippen LogP contribution in [0.2, 0.25) is 0 Å². The van der Waals surface area contributed by atoms with E-state index in [2.05, 4.69) is 44.8 Å². The largest absolute Gasteiger partial charge is 0.381 e. The molecule has 148 valence electrons. The van der Waals surface area contributed by atoms with Crippen LogP contribution in [-0.4, -0.2) is 47.0 Å². The third kappa shape index (κ3) is 7.84.